The SMILES string of the molecule is Cn1c(-n2c3ccccc3c3ccc4c5ccccc5n(-c5ccccc5)c4c32)nc2nc(-c3ccccc3)c(-n3c4ccccc4c4ccc5c(c6c(n5-c5ccccc5)CCCC6)c43)nc21. The zero-order chi connectivity index (χ0) is 44.6. The summed E-state index contributed by atoms with van der Waals surface area (Å²) in [6, 6.07) is 67.6. The van der Waals surface area contributed by atoms with Gasteiger partial charge in [0.2, 0.25) is 5.95 Å². The predicted octanol–water partition coefficient (Wildman–Crippen LogP) is 14.1. The first-order valence-electron chi connectivity index (χ1n) is 23.7. The average molecular weight is 875 g/mol. The van der Waals surface area contributed by atoms with Gasteiger partial charge in [0.25, 0.3) is 0 Å². The number of hydrogen-bond acceptors (Lipinski definition) is 3. The van der Waals surface area contributed by atoms with E-state index < -0.39 is 0 Å². The highest BCUT2D eigenvalue weighted by Crippen LogP contribution is 2.45. The molecule has 0 saturated heterocycles. The lowest BCUT2D eigenvalue weighted by atomic mass is 9.94. The highest BCUT2D eigenvalue weighted by molar-refractivity contribution is 6.24. The molecule has 14 aromatic rings. The van der Waals surface area contributed by atoms with Crippen molar-refractivity contribution in [2.24, 2.45) is 7.05 Å². The van der Waals surface area contributed by atoms with E-state index in [0.29, 0.717) is 11.3 Å². The molecule has 15 rings (SSSR count). The number of aromatic nitrogens is 8. The van der Waals surface area contributed by atoms with Gasteiger partial charge in [0.05, 0.1) is 38.6 Å². The van der Waals surface area contributed by atoms with Crippen LogP contribution in [-0.2, 0) is 19.9 Å². The van der Waals surface area contributed by atoms with Crippen LogP contribution < -0.4 is 0 Å². The zero-order valence-electron chi connectivity index (χ0n) is 37.3. The van der Waals surface area contributed by atoms with Crippen LogP contribution in [0, 0.1) is 0 Å². The van der Waals surface area contributed by atoms with Gasteiger partial charge in [-0.25, -0.2) is 9.97 Å². The van der Waals surface area contributed by atoms with Gasteiger partial charge < -0.3 is 9.13 Å². The molecule has 0 unspecified atom stereocenters. The summed E-state index contributed by atoms with van der Waals surface area (Å²) in [4.78, 5) is 16.9. The van der Waals surface area contributed by atoms with E-state index in [0.717, 1.165) is 86.3 Å². The van der Waals surface area contributed by atoms with Crippen molar-refractivity contribution in [3.63, 3.8) is 0 Å². The van der Waals surface area contributed by atoms with Crippen molar-refractivity contribution in [3.05, 3.63) is 199 Å². The zero-order valence-corrected chi connectivity index (χ0v) is 37.3. The molecule has 0 spiro atoms. The molecule has 0 atom stereocenters. The smallest absolute Gasteiger partial charge is 0.218 e. The number of rotatable bonds is 5. The predicted molar refractivity (Wildman–Crippen MR) is 278 cm³/mol. The van der Waals surface area contributed by atoms with Crippen LogP contribution in [-0.4, -0.2) is 37.8 Å². The van der Waals surface area contributed by atoms with E-state index in [1.807, 2.05) is 0 Å². The minimum atomic E-state index is 0.588. The topological polar surface area (TPSA) is 63.3 Å². The highest BCUT2D eigenvalue weighted by atomic mass is 15.3. The Balaban J connectivity index is 1.07. The molecule has 0 radical (unpaired) electrons. The molecule has 0 amide bonds. The third-order valence-corrected chi connectivity index (χ3v) is 14.7. The van der Waals surface area contributed by atoms with Gasteiger partial charge in [-0.3, -0.25) is 13.7 Å². The van der Waals surface area contributed by atoms with E-state index in [-0.39, 0.29) is 0 Å². The second kappa shape index (κ2) is 14.1. The number of para-hydroxylation sites is 5. The van der Waals surface area contributed by atoms with Crippen molar-refractivity contribution < 1.29 is 0 Å². The number of benzene rings is 8. The van der Waals surface area contributed by atoms with Gasteiger partial charge in [-0.2, -0.15) is 4.98 Å². The summed E-state index contributed by atoms with van der Waals surface area (Å²) in [5, 5.41) is 8.41. The van der Waals surface area contributed by atoms with Crippen molar-refractivity contribution in [2.45, 2.75) is 25.7 Å². The summed E-state index contributed by atoms with van der Waals surface area (Å²) in [5.74, 6) is 1.53. The highest BCUT2D eigenvalue weighted by Gasteiger charge is 2.29. The van der Waals surface area contributed by atoms with Crippen LogP contribution in [0.3, 0.4) is 0 Å². The van der Waals surface area contributed by atoms with Crippen molar-refractivity contribution >= 4 is 87.6 Å². The van der Waals surface area contributed by atoms with E-state index in [9.17, 15) is 0 Å². The maximum atomic E-state index is 5.81. The van der Waals surface area contributed by atoms with Crippen molar-refractivity contribution in [2.75, 3.05) is 0 Å². The summed E-state index contributed by atoms with van der Waals surface area (Å²) in [5.41, 5.74) is 16.1. The fourth-order valence-corrected chi connectivity index (χ4v) is 11.8. The molecule has 8 nitrogen and oxygen atoms in total. The minimum absolute atomic E-state index is 0.588. The molecule has 0 bridgehead atoms. The molecule has 8 heteroatoms. The minimum Gasteiger partial charge on any atom is -0.313 e. The van der Waals surface area contributed by atoms with Gasteiger partial charge in [0.1, 0.15) is 5.69 Å². The van der Waals surface area contributed by atoms with Gasteiger partial charge in [-0.1, -0.05) is 140 Å². The van der Waals surface area contributed by atoms with Crippen LogP contribution in [0.2, 0.25) is 0 Å². The van der Waals surface area contributed by atoms with Crippen molar-refractivity contribution in [3.8, 4) is 34.4 Å². The molecule has 0 aliphatic heterocycles. The number of nitrogens with zero attached hydrogens (tertiary/aromatic N) is 8. The lowest BCUT2D eigenvalue weighted by Gasteiger charge is -2.16. The summed E-state index contributed by atoms with van der Waals surface area (Å²) in [6.07, 6.45) is 4.42. The Hall–Kier alpha value is -8.75. The molecule has 0 fully saturated rings. The summed E-state index contributed by atoms with van der Waals surface area (Å²) in [7, 11) is 2.10. The lowest BCUT2D eigenvalue weighted by molar-refractivity contribution is 0.667. The fourth-order valence-electron chi connectivity index (χ4n) is 11.8. The molecule has 0 saturated carbocycles. The first-order chi connectivity index (χ1) is 33.7. The van der Waals surface area contributed by atoms with Gasteiger partial charge >= 0.3 is 0 Å². The largest absolute Gasteiger partial charge is 0.313 e. The van der Waals surface area contributed by atoms with Crippen LogP contribution in [0.15, 0.2) is 188 Å². The van der Waals surface area contributed by atoms with Crippen LogP contribution in [0.1, 0.15) is 24.1 Å². The number of hydrogen-bond donors (Lipinski definition) is 0. The Bertz CT molecular complexity index is 4370. The second-order valence-electron chi connectivity index (χ2n) is 18.3. The second-order valence-corrected chi connectivity index (χ2v) is 18.3. The normalized spacial score (nSPS) is 13.1. The summed E-state index contributed by atoms with van der Waals surface area (Å²) in [6.45, 7) is 0. The molecule has 1 aliphatic rings. The van der Waals surface area contributed by atoms with E-state index in [2.05, 4.69) is 218 Å². The maximum Gasteiger partial charge on any atom is 0.218 e. The van der Waals surface area contributed by atoms with E-state index in [1.165, 1.54) is 61.3 Å². The third kappa shape index (κ3) is 5.06. The number of imidazole rings is 1. The number of aryl methyl sites for hydroxylation is 2. The Morgan fingerprint density at radius 2 is 0.912 bits per heavy atom. The lowest BCUT2D eigenvalue weighted by Crippen LogP contribution is -2.07. The molecule has 1 aliphatic carbocycles. The van der Waals surface area contributed by atoms with Crippen molar-refractivity contribution in [1.82, 2.24) is 37.8 Å². The Labute approximate surface area is 390 Å². The van der Waals surface area contributed by atoms with Gasteiger partial charge in [-0.15, -0.1) is 0 Å². The van der Waals surface area contributed by atoms with Gasteiger partial charge in [-0.05, 0) is 79.8 Å². The molecule has 6 heterocycles. The van der Waals surface area contributed by atoms with Crippen molar-refractivity contribution in [1.29, 1.82) is 0 Å². The summed E-state index contributed by atoms with van der Waals surface area (Å²) < 4.78 is 11.9. The maximum absolute atomic E-state index is 5.81. The quantitative estimate of drug-likeness (QED) is 0.173. The van der Waals surface area contributed by atoms with Gasteiger partial charge in [0, 0.05) is 67.4 Å². The molecule has 0 N–H and O–H groups in total. The number of fused-ring (bicyclic) bond motifs is 15. The van der Waals surface area contributed by atoms with Crippen LogP contribution in [0.4, 0.5) is 0 Å². The fraction of sp³-hybridized carbons (Fsp3) is 0.0833. The van der Waals surface area contributed by atoms with E-state index in [4.69, 9.17) is 15.0 Å². The van der Waals surface area contributed by atoms with Crippen LogP contribution in [0.25, 0.3) is 122 Å². The third-order valence-electron chi connectivity index (χ3n) is 14.7. The van der Waals surface area contributed by atoms with Crippen LogP contribution in [0.5, 0.6) is 0 Å². The molecular weight excluding hydrogens is 833 g/mol. The first kappa shape index (κ1) is 37.5. The van der Waals surface area contributed by atoms with E-state index >= 15 is 0 Å². The van der Waals surface area contributed by atoms with Gasteiger partial charge in [0.15, 0.2) is 17.1 Å². The Morgan fingerprint density at radius 1 is 0.397 bits per heavy atom. The molecule has 8 aromatic carbocycles. The van der Waals surface area contributed by atoms with Crippen LogP contribution >= 0.6 is 0 Å². The molecule has 68 heavy (non-hydrogen) atoms. The average Bonchev–Trinajstić information content (AvgIpc) is 4.19. The Kier molecular flexibility index (Phi) is 7.78. The molecular formula is C60H42N8. The van der Waals surface area contributed by atoms with E-state index in [1.54, 1.807) is 0 Å². The summed E-state index contributed by atoms with van der Waals surface area (Å²) >= 11 is 0. The first-order valence-corrected chi connectivity index (χ1v) is 23.7. The molecule has 322 valence electrons. The Morgan fingerprint density at radius 3 is 1.57 bits per heavy atom. The standard InChI is InChI=1S/C60H42N8/c1-64-59-57(62-60(64)68-49-31-17-13-27-42(49)45-34-33-44-41-26-11-15-29-47(41)66(55(44)56(45)68)39-23-9-4-10-24-39)61-53(37-19-5-2-6-20-37)58(63-59)67-48-30-16-12-25-40(48)43-35-36-51-52(54(43)67)46-28-14-18-32-50(46)65(51)38-21-7-3-8-22-38/h2-13,15-17,19-27,29-31,33-36H,14,18,28,32H2,1H3. The molecule has 6 aromatic heterocycles. The monoisotopic (exact) mass is 874 g/mol.